The van der Waals surface area contributed by atoms with Gasteiger partial charge in [0, 0.05) is 35.5 Å². The molecule has 4 rings (SSSR count). The minimum absolute atomic E-state index is 0.150. The van der Waals surface area contributed by atoms with E-state index in [9.17, 15) is 9.18 Å². The van der Waals surface area contributed by atoms with Crippen LogP contribution >= 0.6 is 0 Å². The fraction of sp³-hybridized carbons (Fsp3) is 0.174. The predicted molar refractivity (Wildman–Crippen MR) is 118 cm³/mol. The summed E-state index contributed by atoms with van der Waals surface area (Å²) in [6.07, 6.45) is 2.89. The highest BCUT2D eigenvalue weighted by molar-refractivity contribution is 5.94. The van der Waals surface area contributed by atoms with Crippen molar-refractivity contribution in [1.29, 1.82) is 0 Å². The first-order valence-electron chi connectivity index (χ1n) is 10.0. The number of hydrogen-bond acceptors (Lipinski definition) is 6. The highest BCUT2D eigenvalue weighted by Crippen LogP contribution is 2.32. The number of amides is 1. The predicted octanol–water partition coefficient (Wildman–Crippen LogP) is 3.00. The lowest BCUT2D eigenvalue weighted by Crippen LogP contribution is -2.26. The van der Waals surface area contributed by atoms with E-state index in [1.54, 1.807) is 53.5 Å². The third-order valence-electron chi connectivity index (χ3n) is 4.95. The lowest BCUT2D eigenvalue weighted by Gasteiger charge is -2.20. The van der Waals surface area contributed by atoms with Gasteiger partial charge in [-0.2, -0.15) is 5.10 Å². The normalized spacial score (nSPS) is 12.0. The molecule has 164 valence electrons. The quantitative estimate of drug-likeness (QED) is 0.411. The van der Waals surface area contributed by atoms with Gasteiger partial charge in [-0.3, -0.25) is 4.79 Å². The Bertz CT molecular complexity index is 1260. The number of carbonyl (C=O) groups excluding carboxylic acids is 1. The molecule has 0 spiro atoms. The van der Waals surface area contributed by atoms with Crippen LogP contribution in [0, 0.1) is 5.82 Å². The molecule has 1 amide bonds. The number of fused-ring (bicyclic) bond motifs is 1. The van der Waals surface area contributed by atoms with E-state index in [1.807, 2.05) is 6.92 Å². The van der Waals surface area contributed by atoms with Gasteiger partial charge in [0.25, 0.3) is 5.91 Å². The molecule has 32 heavy (non-hydrogen) atoms. The van der Waals surface area contributed by atoms with E-state index < -0.39 is 6.10 Å². The summed E-state index contributed by atoms with van der Waals surface area (Å²) in [5, 5.41) is 16.4. The summed E-state index contributed by atoms with van der Waals surface area (Å²) in [7, 11) is 0. The number of ether oxygens (including phenoxy) is 1. The molecular formula is C23H22FN5O3. The van der Waals surface area contributed by atoms with Gasteiger partial charge in [-0.25, -0.2) is 14.1 Å². The topological polar surface area (TPSA) is 115 Å². The van der Waals surface area contributed by atoms with Gasteiger partial charge < -0.3 is 20.9 Å². The summed E-state index contributed by atoms with van der Waals surface area (Å²) in [5.74, 6) is -0.224. The second-order valence-corrected chi connectivity index (χ2v) is 7.17. The van der Waals surface area contributed by atoms with Crippen molar-refractivity contribution in [2.45, 2.75) is 13.0 Å². The number of anilines is 1. The molecular weight excluding hydrogens is 413 g/mol. The van der Waals surface area contributed by atoms with Crippen LogP contribution in [0.2, 0.25) is 0 Å². The zero-order valence-corrected chi connectivity index (χ0v) is 17.3. The molecule has 1 unspecified atom stereocenters. The molecule has 0 aliphatic heterocycles. The van der Waals surface area contributed by atoms with Crippen molar-refractivity contribution in [3.8, 4) is 11.4 Å². The molecule has 2 aromatic heterocycles. The zero-order valence-electron chi connectivity index (χ0n) is 17.3. The molecule has 0 saturated carbocycles. The van der Waals surface area contributed by atoms with E-state index in [-0.39, 0.29) is 30.7 Å². The minimum Gasteiger partial charge on any atom is -0.482 e. The van der Waals surface area contributed by atoms with E-state index in [4.69, 9.17) is 15.6 Å². The Morgan fingerprint density at radius 1 is 1.28 bits per heavy atom. The average molecular weight is 435 g/mol. The van der Waals surface area contributed by atoms with Crippen molar-refractivity contribution < 1.29 is 19.0 Å². The molecule has 0 bridgehead atoms. The van der Waals surface area contributed by atoms with Crippen molar-refractivity contribution in [3.63, 3.8) is 0 Å². The monoisotopic (exact) mass is 435 g/mol. The molecule has 0 aliphatic rings. The molecule has 4 N–H and O–H groups in total. The molecule has 2 aromatic carbocycles. The van der Waals surface area contributed by atoms with Gasteiger partial charge in [0.2, 0.25) is 0 Å². The van der Waals surface area contributed by atoms with Gasteiger partial charge in [-0.1, -0.05) is 0 Å². The number of aromatic nitrogens is 3. The Hall–Kier alpha value is -3.98. The molecule has 0 radical (unpaired) electrons. The molecule has 1 atom stereocenters. The number of aliphatic hydroxyl groups is 1. The second-order valence-electron chi connectivity index (χ2n) is 7.17. The van der Waals surface area contributed by atoms with Crippen LogP contribution in [-0.2, 0) is 0 Å². The number of nitrogens with zero attached hydrogens (tertiary/aromatic N) is 3. The maximum Gasteiger partial charge on any atom is 0.251 e. The first-order chi connectivity index (χ1) is 15.5. The number of nitrogens with two attached hydrogens (primary N) is 1. The lowest BCUT2D eigenvalue weighted by atomic mass is 10.0. The smallest absolute Gasteiger partial charge is 0.251 e. The SMILES string of the molecule is CC(Oc1cc2cc(F)ccc2nc1N)c1cc(C(=O)NCCO)ccc1-n1cccn1. The molecule has 9 heteroatoms. The van der Waals surface area contributed by atoms with E-state index in [0.717, 1.165) is 5.69 Å². The van der Waals surface area contributed by atoms with Crippen LogP contribution in [-0.4, -0.2) is 38.9 Å². The fourth-order valence-corrected chi connectivity index (χ4v) is 3.40. The summed E-state index contributed by atoms with van der Waals surface area (Å²) in [6, 6.07) is 12.8. The van der Waals surface area contributed by atoms with Gasteiger partial charge in [0.1, 0.15) is 11.9 Å². The van der Waals surface area contributed by atoms with E-state index in [2.05, 4.69) is 15.4 Å². The summed E-state index contributed by atoms with van der Waals surface area (Å²) in [4.78, 5) is 16.7. The van der Waals surface area contributed by atoms with Crippen LogP contribution in [0.1, 0.15) is 28.9 Å². The summed E-state index contributed by atoms with van der Waals surface area (Å²) < 4.78 is 21.4. The summed E-state index contributed by atoms with van der Waals surface area (Å²) in [6.45, 7) is 1.81. The van der Waals surface area contributed by atoms with Crippen LogP contribution in [0.3, 0.4) is 0 Å². The Morgan fingerprint density at radius 2 is 2.12 bits per heavy atom. The highest BCUT2D eigenvalue weighted by atomic mass is 19.1. The molecule has 8 nitrogen and oxygen atoms in total. The minimum atomic E-state index is -0.546. The van der Waals surface area contributed by atoms with E-state index >= 15 is 0 Å². The van der Waals surface area contributed by atoms with Gasteiger partial charge in [-0.05, 0) is 55.5 Å². The van der Waals surface area contributed by atoms with Crippen molar-refractivity contribution in [3.05, 3.63) is 77.9 Å². The second kappa shape index (κ2) is 9.03. The Kier molecular flexibility index (Phi) is 6.00. The van der Waals surface area contributed by atoms with Crippen LogP contribution < -0.4 is 15.8 Å². The number of aliphatic hydroxyl groups excluding tert-OH is 1. The highest BCUT2D eigenvalue weighted by Gasteiger charge is 2.19. The third kappa shape index (κ3) is 4.37. The maximum absolute atomic E-state index is 13.7. The number of halogens is 1. The Labute approximate surface area is 183 Å². The third-order valence-corrected chi connectivity index (χ3v) is 4.95. The fourth-order valence-electron chi connectivity index (χ4n) is 3.40. The maximum atomic E-state index is 13.7. The van der Waals surface area contributed by atoms with Gasteiger partial charge in [0.15, 0.2) is 11.6 Å². The Balaban J connectivity index is 1.71. The number of nitrogens with one attached hydrogen (secondary N) is 1. The van der Waals surface area contributed by atoms with Crippen LogP contribution in [0.25, 0.3) is 16.6 Å². The molecule has 4 aromatic rings. The van der Waals surface area contributed by atoms with Gasteiger partial charge >= 0.3 is 0 Å². The van der Waals surface area contributed by atoms with Gasteiger partial charge in [0.05, 0.1) is 17.8 Å². The van der Waals surface area contributed by atoms with Crippen molar-refractivity contribution >= 4 is 22.6 Å². The van der Waals surface area contributed by atoms with Gasteiger partial charge in [-0.15, -0.1) is 0 Å². The zero-order chi connectivity index (χ0) is 22.7. The standard InChI is InChI=1S/C23H22FN5O3/c1-14(32-21-13-16-11-17(24)4-5-19(16)28-22(21)25)18-12-15(23(31)26-8-10-30)3-6-20(18)29-9-2-7-27-29/h2-7,9,11-14,30H,8,10H2,1H3,(H2,25,28)(H,26,31). The number of pyridine rings is 1. The van der Waals surface area contributed by atoms with Crippen LogP contribution in [0.15, 0.2) is 60.9 Å². The molecule has 0 saturated heterocycles. The first-order valence-corrected chi connectivity index (χ1v) is 10.0. The molecule has 0 fully saturated rings. The number of nitrogen functional groups attached to an aromatic ring is 1. The number of rotatable bonds is 7. The Morgan fingerprint density at radius 3 is 2.88 bits per heavy atom. The van der Waals surface area contributed by atoms with Crippen LogP contribution in [0.5, 0.6) is 5.75 Å². The lowest BCUT2D eigenvalue weighted by molar-refractivity contribution is 0.0944. The summed E-state index contributed by atoms with van der Waals surface area (Å²) >= 11 is 0. The number of carbonyl (C=O) groups is 1. The molecule has 2 heterocycles. The average Bonchev–Trinajstić information content (AvgIpc) is 3.32. The number of hydrogen-bond donors (Lipinski definition) is 3. The van der Waals surface area contributed by atoms with E-state index in [1.165, 1.54) is 12.1 Å². The van der Waals surface area contributed by atoms with Crippen molar-refractivity contribution in [2.75, 3.05) is 18.9 Å². The van der Waals surface area contributed by atoms with Crippen molar-refractivity contribution in [2.24, 2.45) is 0 Å². The first kappa shape index (κ1) is 21.3. The van der Waals surface area contributed by atoms with Crippen molar-refractivity contribution in [1.82, 2.24) is 20.1 Å². The number of benzene rings is 2. The van der Waals surface area contributed by atoms with E-state index in [0.29, 0.717) is 27.8 Å². The molecule has 0 aliphatic carbocycles. The largest absolute Gasteiger partial charge is 0.482 e. The van der Waals surface area contributed by atoms with Crippen LogP contribution in [0.4, 0.5) is 10.2 Å². The summed E-state index contributed by atoms with van der Waals surface area (Å²) in [5.41, 5.74) is 8.46.